The predicted octanol–water partition coefficient (Wildman–Crippen LogP) is 3.22. The van der Waals surface area contributed by atoms with E-state index in [-0.39, 0.29) is 29.2 Å². The normalized spacial score (nSPS) is 16.2. The fourth-order valence-corrected chi connectivity index (χ4v) is 4.99. The van der Waals surface area contributed by atoms with Crippen LogP contribution in [0.5, 0.6) is 17.2 Å². The van der Waals surface area contributed by atoms with E-state index in [0.29, 0.717) is 30.9 Å². The lowest BCUT2D eigenvalue weighted by molar-refractivity contribution is -0.695. The predicted molar refractivity (Wildman–Crippen MR) is 149 cm³/mol. The number of aromatic amines is 1. The fourth-order valence-electron chi connectivity index (χ4n) is 4.99. The fraction of sp³-hybridized carbons (Fsp3) is 0.219. The van der Waals surface area contributed by atoms with Crippen LogP contribution in [0, 0.1) is 6.92 Å². The topological polar surface area (TPSA) is 119 Å². The molecule has 2 N–H and O–H groups in total. The first kappa shape index (κ1) is 27.5. The number of amides is 1. The Morgan fingerprint density at radius 3 is 2.59 bits per heavy atom. The number of aryl methyl sites for hydroxylation is 2. The van der Waals surface area contributed by atoms with Gasteiger partial charge >= 0.3 is 0 Å². The van der Waals surface area contributed by atoms with Crippen LogP contribution in [-0.2, 0) is 22.7 Å². The second-order valence-electron chi connectivity index (χ2n) is 9.85. The number of rotatable bonds is 10. The minimum Gasteiger partial charge on any atom is -0.872 e. The van der Waals surface area contributed by atoms with Gasteiger partial charge in [0.15, 0.2) is 11.5 Å². The highest BCUT2D eigenvalue weighted by molar-refractivity contribution is 6.46. The summed E-state index contributed by atoms with van der Waals surface area (Å²) in [7, 11) is 1.41. The van der Waals surface area contributed by atoms with Crippen molar-refractivity contribution >= 4 is 17.4 Å². The molecule has 1 unspecified atom stereocenters. The number of phenols is 1. The molecule has 0 aliphatic carbocycles. The van der Waals surface area contributed by atoms with Gasteiger partial charge in [0.1, 0.15) is 24.8 Å². The van der Waals surface area contributed by atoms with Crippen molar-refractivity contribution in [3.05, 3.63) is 113 Å². The molecule has 1 aliphatic heterocycles. The standard InChI is InChI=1S/C32H31N3O6/c1-21-6-3-4-7-24(21)19-41-25-11-8-22(9-12-25)30(37)28-29(23-10-13-26(36)27(18-23)40-2)35(32(39)31(28)38)16-5-15-34-17-14-33-20-34/h3-4,6-14,17-18,20,29H,5,15-16,19H2,1-2H3,(H2,36,37,38). The minimum absolute atomic E-state index is 0.0866. The van der Waals surface area contributed by atoms with Crippen molar-refractivity contribution in [2.75, 3.05) is 13.7 Å². The molecule has 1 saturated heterocycles. The number of carbonyl (C=O) groups excluding carboxylic acids is 2. The van der Waals surface area contributed by atoms with Gasteiger partial charge in [-0.2, -0.15) is 0 Å². The maximum atomic E-state index is 13.8. The van der Waals surface area contributed by atoms with Gasteiger partial charge in [-0.15, -0.1) is 0 Å². The van der Waals surface area contributed by atoms with Gasteiger partial charge in [0.25, 0.3) is 5.91 Å². The Kier molecular flexibility index (Phi) is 8.05. The third kappa shape index (κ3) is 5.79. The molecule has 1 fully saturated rings. The van der Waals surface area contributed by atoms with E-state index in [1.54, 1.807) is 48.9 Å². The first-order valence-electron chi connectivity index (χ1n) is 13.3. The lowest BCUT2D eigenvalue weighted by atomic mass is 9.95. The number of methoxy groups -OCH3 is 1. The Hall–Kier alpha value is -5.05. The maximum absolute atomic E-state index is 13.8. The average Bonchev–Trinajstić information content (AvgIpc) is 3.59. The number of nitrogens with zero attached hydrogens (tertiary/aromatic N) is 2. The quantitative estimate of drug-likeness (QED) is 0.135. The summed E-state index contributed by atoms with van der Waals surface area (Å²) in [4.78, 5) is 31.0. The van der Waals surface area contributed by atoms with Crippen molar-refractivity contribution in [2.24, 2.45) is 0 Å². The van der Waals surface area contributed by atoms with Crippen LogP contribution in [0.15, 0.2) is 91.0 Å². The molecule has 9 heteroatoms. The highest BCUT2D eigenvalue weighted by atomic mass is 16.5. The molecule has 1 aliphatic rings. The molecule has 5 rings (SSSR count). The number of ether oxygens (including phenoxy) is 2. The molecule has 0 saturated carbocycles. The SMILES string of the molecule is COc1cc(C2/C(=C(\[O-])c3ccc(OCc4ccccc4C)cc3)C(=O)C(=O)N2CCC[n+]2cc[nH]c2)ccc1O. The van der Waals surface area contributed by atoms with E-state index in [9.17, 15) is 19.8 Å². The number of likely N-dealkylation sites (tertiary alicyclic amines) is 1. The van der Waals surface area contributed by atoms with Crippen molar-refractivity contribution in [1.29, 1.82) is 0 Å². The van der Waals surface area contributed by atoms with E-state index in [2.05, 4.69) is 4.98 Å². The number of phenolic OH excluding ortho intramolecular Hbond substituents is 1. The van der Waals surface area contributed by atoms with Crippen LogP contribution in [0.25, 0.3) is 5.76 Å². The smallest absolute Gasteiger partial charge is 0.295 e. The molecule has 1 aromatic heterocycles. The zero-order valence-electron chi connectivity index (χ0n) is 22.9. The van der Waals surface area contributed by atoms with Gasteiger partial charge in [-0.1, -0.05) is 48.2 Å². The number of H-pyrrole nitrogens is 1. The Labute approximate surface area is 237 Å². The molecule has 0 radical (unpaired) electrons. The van der Waals surface area contributed by atoms with Crippen molar-refractivity contribution < 1.29 is 33.8 Å². The highest BCUT2D eigenvalue weighted by Gasteiger charge is 2.44. The van der Waals surface area contributed by atoms with Gasteiger partial charge in [-0.25, -0.2) is 4.57 Å². The van der Waals surface area contributed by atoms with Gasteiger partial charge < -0.3 is 24.6 Å². The first-order chi connectivity index (χ1) is 19.9. The summed E-state index contributed by atoms with van der Waals surface area (Å²) in [5.74, 6) is -1.43. The second-order valence-corrected chi connectivity index (χ2v) is 9.85. The number of benzene rings is 3. The third-order valence-corrected chi connectivity index (χ3v) is 7.24. The lowest BCUT2D eigenvalue weighted by Crippen LogP contribution is -2.36. The van der Waals surface area contributed by atoms with E-state index in [1.165, 1.54) is 18.1 Å². The summed E-state index contributed by atoms with van der Waals surface area (Å²) in [6.45, 7) is 3.25. The van der Waals surface area contributed by atoms with E-state index in [1.807, 2.05) is 42.0 Å². The number of imidazole rings is 1. The van der Waals surface area contributed by atoms with E-state index in [4.69, 9.17) is 9.47 Å². The van der Waals surface area contributed by atoms with E-state index >= 15 is 0 Å². The number of nitrogens with one attached hydrogen (secondary N) is 1. The molecule has 9 nitrogen and oxygen atoms in total. The molecule has 0 spiro atoms. The largest absolute Gasteiger partial charge is 0.872 e. The summed E-state index contributed by atoms with van der Waals surface area (Å²) < 4.78 is 13.1. The zero-order valence-corrected chi connectivity index (χ0v) is 22.9. The van der Waals surface area contributed by atoms with Crippen LogP contribution in [0.2, 0.25) is 0 Å². The third-order valence-electron chi connectivity index (χ3n) is 7.24. The first-order valence-corrected chi connectivity index (χ1v) is 13.3. The van der Waals surface area contributed by atoms with Crippen molar-refractivity contribution in [3.63, 3.8) is 0 Å². The van der Waals surface area contributed by atoms with Gasteiger partial charge in [0, 0.05) is 18.5 Å². The molecule has 1 amide bonds. The summed E-state index contributed by atoms with van der Waals surface area (Å²) in [5, 5.41) is 23.9. The Bertz CT molecular complexity index is 1580. The van der Waals surface area contributed by atoms with Crippen LogP contribution in [-0.4, -0.2) is 40.3 Å². The van der Waals surface area contributed by atoms with Gasteiger partial charge in [0.2, 0.25) is 12.1 Å². The van der Waals surface area contributed by atoms with Crippen molar-refractivity contribution in [3.8, 4) is 17.2 Å². The number of aromatic hydroxyl groups is 1. The molecule has 0 bridgehead atoms. The van der Waals surface area contributed by atoms with E-state index in [0.717, 1.165) is 11.1 Å². The zero-order chi connectivity index (χ0) is 28.9. The number of Topliss-reactive ketones (excluding diaryl/α,β-unsaturated/α-hetero) is 1. The van der Waals surface area contributed by atoms with Crippen molar-refractivity contribution in [2.45, 2.75) is 32.5 Å². The van der Waals surface area contributed by atoms with Crippen LogP contribution in [0.1, 0.15) is 34.7 Å². The Balaban J connectivity index is 1.45. The molecule has 41 heavy (non-hydrogen) atoms. The summed E-state index contributed by atoms with van der Waals surface area (Å²) >= 11 is 0. The monoisotopic (exact) mass is 553 g/mol. The number of carbonyl (C=O) groups is 2. The van der Waals surface area contributed by atoms with Gasteiger partial charge in [0.05, 0.1) is 19.7 Å². The van der Waals surface area contributed by atoms with Crippen LogP contribution in [0.4, 0.5) is 0 Å². The average molecular weight is 554 g/mol. The molecule has 2 heterocycles. The van der Waals surface area contributed by atoms with E-state index < -0.39 is 23.5 Å². The summed E-state index contributed by atoms with van der Waals surface area (Å²) in [6, 6.07) is 18.1. The Morgan fingerprint density at radius 1 is 1.10 bits per heavy atom. The van der Waals surface area contributed by atoms with Gasteiger partial charge in [-0.05, 0) is 53.4 Å². The molecule has 1 atom stereocenters. The second kappa shape index (κ2) is 12.0. The number of hydrogen-bond acceptors (Lipinski definition) is 6. The number of aromatic nitrogens is 2. The van der Waals surface area contributed by atoms with Gasteiger partial charge in [-0.3, -0.25) is 14.6 Å². The number of ketones is 1. The van der Waals surface area contributed by atoms with Crippen LogP contribution < -0.4 is 19.1 Å². The minimum atomic E-state index is -0.926. The molecule has 210 valence electrons. The van der Waals surface area contributed by atoms with Crippen LogP contribution >= 0.6 is 0 Å². The summed E-state index contributed by atoms with van der Waals surface area (Å²) in [6.07, 6.45) is 6.02. The highest BCUT2D eigenvalue weighted by Crippen LogP contribution is 2.41. The molecule has 4 aromatic rings. The molecular formula is C32H31N3O6. The number of hydrogen-bond donors (Lipinski definition) is 2. The lowest BCUT2D eigenvalue weighted by Gasteiger charge is -2.27. The van der Waals surface area contributed by atoms with Crippen LogP contribution in [0.3, 0.4) is 0 Å². The summed E-state index contributed by atoms with van der Waals surface area (Å²) in [5.41, 5.74) is 2.80. The molecular weight excluding hydrogens is 522 g/mol. The molecule has 3 aromatic carbocycles. The maximum Gasteiger partial charge on any atom is 0.295 e. The van der Waals surface area contributed by atoms with Crippen molar-refractivity contribution in [1.82, 2.24) is 9.88 Å². The Morgan fingerprint density at radius 2 is 1.88 bits per heavy atom.